The van der Waals surface area contributed by atoms with Gasteiger partial charge in [-0.3, -0.25) is 14.6 Å². The van der Waals surface area contributed by atoms with Crippen LogP contribution in [0.1, 0.15) is 12.5 Å². The van der Waals surface area contributed by atoms with Crippen molar-refractivity contribution < 1.29 is 19.3 Å². The van der Waals surface area contributed by atoms with Crippen molar-refractivity contribution >= 4 is 45.9 Å². The van der Waals surface area contributed by atoms with E-state index in [0.717, 1.165) is 9.37 Å². The highest BCUT2D eigenvalue weighted by atomic mass is 79.9. The minimum Gasteiger partial charge on any atom is -0.507 e. The van der Waals surface area contributed by atoms with Crippen LogP contribution in [0.25, 0.3) is 0 Å². The van der Waals surface area contributed by atoms with Crippen LogP contribution in [0.2, 0.25) is 0 Å². The highest BCUT2D eigenvalue weighted by Gasteiger charge is 2.51. The Labute approximate surface area is 158 Å². The number of amides is 3. The van der Waals surface area contributed by atoms with Gasteiger partial charge in [-0.05, 0) is 25.1 Å². The van der Waals surface area contributed by atoms with Gasteiger partial charge in [-0.25, -0.2) is 9.37 Å². The van der Waals surface area contributed by atoms with Gasteiger partial charge in [-0.1, -0.05) is 20.9 Å². The first-order chi connectivity index (χ1) is 12.3. The molecule has 0 bridgehead atoms. The number of phenols is 1. The number of guanidine groups is 1. The molecule has 1 fully saturated rings. The zero-order valence-corrected chi connectivity index (χ0v) is 16.1. The molecule has 2 aliphatic heterocycles. The third-order valence-corrected chi connectivity index (χ3v) is 4.72. The van der Waals surface area contributed by atoms with Gasteiger partial charge in [0, 0.05) is 24.1 Å². The Morgan fingerprint density at radius 1 is 1.38 bits per heavy atom. The summed E-state index contributed by atoms with van der Waals surface area (Å²) in [7, 11) is 3.03. The van der Waals surface area contributed by atoms with E-state index in [-0.39, 0.29) is 11.7 Å². The highest BCUT2D eigenvalue weighted by Crippen LogP contribution is 2.20. The molecule has 26 heavy (non-hydrogen) atoms. The number of carbonyl (C=O) groups is 2. The van der Waals surface area contributed by atoms with Gasteiger partial charge in [-0.2, -0.15) is 5.43 Å². The predicted molar refractivity (Wildman–Crippen MR) is 99.5 cm³/mol. The van der Waals surface area contributed by atoms with Crippen molar-refractivity contribution in [3.8, 4) is 5.75 Å². The fraction of sp³-hybridized carbons (Fsp3) is 0.312. The molecule has 1 saturated heterocycles. The van der Waals surface area contributed by atoms with Crippen molar-refractivity contribution in [3.63, 3.8) is 0 Å². The fourth-order valence-electron chi connectivity index (χ4n) is 2.81. The van der Waals surface area contributed by atoms with E-state index in [4.69, 9.17) is 0 Å². The number of nitrogens with zero attached hydrogens (tertiary/aromatic N) is 5. The number of aromatic hydroxyl groups is 1. The molecule has 0 saturated carbocycles. The summed E-state index contributed by atoms with van der Waals surface area (Å²) >= 11 is 3.33. The van der Waals surface area contributed by atoms with E-state index >= 15 is 0 Å². The second-order valence-corrected chi connectivity index (χ2v) is 6.71. The van der Waals surface area contributed by atoms with Crippen LogP contribution in [-0.2, 0) is 4.79 Å². The van der Waals surface area contributed by atoms with Crippen LogP contribution in [-0.4, -0.2) is 76.1 Å². The molecule has 3 rings (SSSR count). The number of rotatable bonds is 3. The maximum absolute atomic E-state index is 12.5. The molecular weight excluding hydrogens is 404 g/mol. The van der Waals surface area contributed by atoms with Crippen LogP contribution in [0.15, 0.2) is 32.8 Å². The number of fused-ring (bicyclic) bond motifs is 1. The maximum atomic E-state index is 12.5. The molecule has 0 aromatic heterocycles. The Morgan fingerprint density at radius 3 is 2.81 bits per heavy atom. The van der Waals surface area contributed by atoms with Gasteiger partial charge in [0.25, 0.3) is 5.91 Å². The van der Waals surface area contributed by atoms with E-state index in [2.05, 4.69) is 31.4 Å². The van der Waals surface area contributed by atoms with E-state index in [1.54, 1.807) is 29.8 Å². The normalized spacial score (nSPS) is 20.2. The first-order valence-corrected chi connectivity index (χ1v) is 8.69. The molecule has 1 unspecified atom stereocenters. The number of urea groups is 1. The summed E-state index contributed by atoms with van der Waals surface area (Å²) < 4.78 is 2.54. The Kier molecular flexibility index (Phi) is 4.77. The lowest BCUT2D eigenvalue weighted by Crippen LogP contribution is -2.61. The molecule has 1 aromatic rings. The molecule has 0 radical (unpaired) electrons. The number of imide groups is 1. The molecule has 2 N–H and O–H groups in total. The van der Waals surface area contributed by atoms with Crippen molar-refractivity contribution in [1.29, 1.82) is 0 Å². The number of nitrogens with one attached hydrogen (secondary N) is 1. The lowest BCUT2D eigenvalue weighted by molar-refractivity contribution is -0.533. The number of hydrazone groups is 1. The Morgan fingerprint density at radius 2 is 2.12 bits per heavy atom. The molecular formula is C16H18BrN6O3+. The van der Waals surface area contributed by atoms with Crippen LogP contribution < -0.4 is 5.43 Å². The minimum absolute atomic E-state index is 0.0876. The summed E-state index contributed by atoms with van der Waals surface area (Å²) in [6, 6.07) is 3.90. The van der Waals surface area contributed by atoms with Gasteiger partial charge in [0.15, 0.2) is 0 Å². The number of hydrogen-bond donors (Lipinski definition) is 2. The number of aliphatic imine (C=N–C) groups is 1. The van der Waals surface area contributed by atoms with Crippen LogP contribution in [0.5, 0.6) is 5.75 Å². The third-order valence-electron chi connectivity index (χ3n) is 4.23. The molecule has 0 aliphatic carbocycles. The van der Waals surface area contributed by atoms with Gasteiger partial charge in [0.2, 0.25) is 11.9 Å². The zero-order valence-electron chi connectivity index (χ0n) is 14.5. The van der Waals surface area contributed by atoms with E-state index in [1.165, 1.54) is 18.2 Å². The highest BCUT2D eigenvalue weighted by molar-refractivity contribution is 9.10. The second-order valence-electron chi connectivity index (χ2n) is 5.79. The SMILES string of the molecule is CC[N+]1=C(N/N=C/c2cc(Br)ccc2O)N=C2C1C(=O)N(C)C(=O)N2C. The van der Waals surface area contributed by atoms with Gasteiger partial charge in [0.05, 0.1) is 12.8 Å². The predicted octanol–water partition coefficient (Wildman–Crippen LogP) is 0.771. The van der Waals surface area contributed by atoms with Crippen molar-refractivity contribution in [1.82, 2.24) is 15.2 Å². The molecule has 1 aromatic carbocycles. The molecule has 10 heteroatoms. The van der Waals surface area contributed by atoms with Crippen LogP contribution in [0, 0.1) is 0 Å². The Balaban J connectivity index is 1.88. The summed E-state index contributed by atoms with van der Waals surface area (Å²) in [6.07, 6.45) is 1.45. The summed E-state index contributed by atoms with van der Waals surface area (Å²) in [5.41, 5.74) is 3.31. The van der Waals surface area contributed by atoms with Gasteiger partial charge in [0.1, 0.15) is 5.75 Å². The quantitative estimate of drug-likeness (QED) is 0.427. The number of carbonyl (C=O) groups excluding carboxylic acids is 2. The molecule has 0 spiro atoms. The van der Waals surface area contributed by atoms with E-state index in [9.17, 15) is 14.7 Å². The molecule has 2 aliphatic rings. The average molecular weight is 422 g/mol. The second kappa shape index (κ2) is 6.87. The van der Waals surface area contributed by atoms with E-state index in [0.29, 0.717) is 23.9 Å². The molecule has 1 atom stereocenters. The maximum Gasteiger partial charge on any atom is 0.413 e. The Bertz CT molecular complexity index is 879. The average Bonchev–Trinajstić information content (AvgIpc) is 2.99. The number of amidine groups is 1. The molecule has 3 amide bonds. The molecule has 9 nitrogen and oxygen atoms in total. The molecule has 136 valence electrons. The largest absolute Gasteiger partial charge is 0.507 e. The van der Waals surface area contributed by atoms with Crippen LogP contribution in [0.3, 0.4) is 0 Å². The number of halogens is 1. The number of phenolic OH excluding ortho intramolecular Hbond substituents is 1. The topological polar surface area (TPSA) is 101 Å². The minimum atomic E-state index is -0.662. The lowest BCUT2D eigenvalue weighted by atomic mass is 10.1. The smallest absolute Gasteiger partial charge is 0.413 e. The zero-order chi connectivity index (χ0) is 19.0. The number of benzene rings is 1. The van der Waals surface area contributed by atoms with Crippen molar-refractivity contribution in [3.05, 3.63) is 28.2 Å². The summed E-state index contributed by atoms with van der Waals surface area (Å²) in [5.74, 6) is 0.480. The van der Waals surface area contributed by atoms with Gasteiger partial charge in [-0.15, -0.1) is 5.10 Å². The number of likely N-dealkylation sites (N-methyl/N-ethyl adjacent to an activating group) is 3. The lowest BCUT2D eigenvalue weighted by Gasteiger charge is -2.31. The summed E-state index contributed by atoms with van der Waals surface area (Å²) in [4.78, 5) is 31.4. The number of hydrogen-bond acceptors (Lipinski definition) is 6. The van der Waals surface area contributed by atoms with Crippen molar-refractivity contribution in [2.75, 3.05) is 20.6 Å². The summed E-state index contributed by atoms with van der Waals surface area (Å²) in [6.45, 7) is 2.38. The first-order valence-electron chi connectivity index (χ1n) is 7.90. The van der Waals surface area contributed by atoms with Crippen molar-refractivity contribution in [2.45, 2.75) is 13.0 Å². The van der Waals surface area contributed by atoms with Gasteiger partial charge >= 0.3 is 12.0 Å². The molecule has 2 heterocycles. The van der Waals surface area contributed by atoms with Gasteiger partial charge < -0.3 is 5.11 Å². The standard InChI is InChI=1S/C16H17BrN6O3/c1-4-23-12-13(21(2)16(26)22(3)14(12)25)19-15(23)20-18-8-9-7-10(17)5-6-11(9)24/h5-8,12H,4H2,1-3H3,(H,18,24)/p+1. The first kappa shape index (κ1) is 18.1. The Hall–Kier alpha value is -2.75. The fourth-order valence-corrected chi connectivity index (χ4v) is 3.19. The van der Waals surface area contributed by atoms with Crippen LogP contribution in [0.4, 0.5) is 4.79 Å². The third kappa shape index (κ3) is 2.96. The monoisotopic (exact) mass is 421 g/mol. The van der Waals surface area contributed by atoms with E-state index < -0.39 is 12.1 Å². The summed E-state index contributed by atoms with van der Waals surface area (Å²) in [5, 5.41) is 13.9. The van der Waals surface area contributed by atoms with E-state index in [1.807, 2.05) is 6.92 Å². The van der Waals surface area contributed by atoms with Crippen molar-refractivity contribution in [2.24, 2.45) is 10.1 Å². The van der Waals surface area contributed by atoms with Crippen LogP contribution >= 0.6 is 15.9 Å².